The maximum atomic E-state index is 13.1. The van der Waals surface area contributed by atoms with Crippen LogP contribution in [0.2, 0.25) is 0 Å². The summed E-state index contributed by atoms with van der Waals surface area (Å²) in [6.07, 6.45) is 2.05. The maximum absolute atomic E-state index is 13.1. The van der Waals surface area contributed by atoms with Crippen LogP contribution in [0.25, 0.3) is 0 Å². The number of carbonyl (C=O) groups is 1. The van der Waals surface area contributed by atoms with Crippen LogP contribution < -0.4 is 10.1 Å². The van der Waals surface area contributed by atoms with Gasteiger partial charge in [0.15, 0.2) is 11.5 Å². The first-order valence-electron chi connectivity index (χ1n) is 10.1. The smallest absolute Gasteiger partial charge is 0.338 e. The molecule has 8 heteroatoms. The lowest BCUT2D eigenvalue weighted by atomic mass is 9.95. The minimum atomic E-state index is -0.567. The van der Waals surface area contributed by atoms with Crippen LogP contribution in [-0.2, 0) is 16.0 Å². The standard InChI is InChI=1S/C23H24N4O4/c1-3-30-19-13-17(9-10-18(19)28)21-20(15(2)26-23-24-14-25-27(21)23)22(29)31-12-11-16-7-5-4-6-8-16/h4-10,13-14,21,28H,3,11-12H2,1-2H3,(H,24,25,26)/t21-/m0/s1. The predicted molar refractivity (Wildman–Crippen MR) is 115 cm³/mol. The number of carbonyl (C=O) groups excluding carboxylic acids is 1. The van der Waals surface area contributed by atoms with Crippen LogP contribution in [0, 0.1) is 0 Å². The first-order valence-corrected chi connectivity index (χ1v) is 10.1. The lowest BCUT2D eigenvalue weighted by molar-refractivity contribution is -0.139. The average molecular weight is 420 g/mol. The van der Waals surface area contributed by atoms with Gasteiger partial charge in [0.25, 0.3) is 0 Å². The highest BCUT2D eigenvalue weighted by molar-refractivity contribution is 5.92. The molecule has 1 aromatic heterocycles. The van der Waals surface area contributed by atoms with E-state index >= 15 is 0 Å². The molecule has 2 N–H and O–H groups in total. The molecule has 0 radical (unpaired) electrons. The molecule has 0 spiro atoms. The maximum Gasteiger partial charge on any atom is 0.338 e. The summed E-state index contributed by atoms with van der Waals surface area (Å²) in [5, 5.41) is 17.5. The fourth-order valence-electron chi connectivity index (χ4n) is 3.62. The Hall–Kier alpha value is -3.81. The second-order valence-electron chi connectivity index (χ2n) is 7.13. The topological polar surface area (TPSA) is 98.5 Å². The highest BCUT2D eigenvalue weighted by Gasteiger charge is 2.34. The van der Waals surface area contributed by atoms with Gasteiger partial charge in [0.1, 0.15) is 12.4 Å². The van der Waals surface area contributed by atoms with Crippen molar-refractivity contribution in [2.45, 2.75) is 26.3 Å². The number of aromatic nitrogens is 3. The van der Waals surface area contributed by atoms with E-state index in [1.807, 2.05) is 44.2 Å². The summed E-state index contributed by atoms with van der Waals surface area (Å²) in [6.45, 7) is 4.31. The van der Waals surface area contributed by atoms with Gasteiger partial charge in [-0.2, -0.15) is 10.1 Å². The summed E-state index contributed by atoms with van der Waals surface area (Å²) in [5.74, 6) is 0.466. The quantitative estimate of drug-likeness (QED) is 0.565. The molecule has 1 aliphatic rings. The van der Waals surface area contributed by atoms with Crippen molar-refractivity contribution >= 4 is 11.9 Å². The minimum Gasteiger partial charge on any atom is -0.504 e. The summed E-state index contributed by atoms with van der Waals surface area (Å²) < 4.78 is 12.8. The number of anilines is 1. The van der Waals surface area contributed by atoms with Crippen LogP contribution in [0.1, 0.15) is 31.0 Å². The monoisotopic (exact) mass is 420 g/mol. The van der Waals surface area contributed by atoms with Gasteiger partial charge >= 0.3 is 5.97 Å². The number of phenolic OH excluding ortho intramolecular Hbond substituents is 1. The van der Waals surface area contributed by atoms with Crippen molar-refractivity contribution in [3.8, 4) is 11.5 Å². The van der Waals surface area contributed by atoms with E-state index < -0.39 is 12.0 Å². The summed E-state index contributed by atoms with van der Waals surface area (Å²) in [4.78, 5) is 17.4. The molecule has 3 aromatic rings. The van der Waals surface area contributed by atoms with Crippen LogP contribution in [0.5, 0.6) is 11.5 Å². The number of hydrogen-bond donors (Lipinski definition) is 2. The Morgan fingerprint density at radius 1 is 1.23 bits per heavy atom. The third-order valence-electron chi connectivity index (χ3n) is 5.08. The van der Waals surface area contributed by atoms with E-state index in [1.165, 1.54) is 6.33 Å². The largest absolute Gasteiger partial charge is 0.504 e. The first kappa shape index (κ1) is 20.5. The first-order chi connectivity index (χ1) is 15.1. The lowest BCUT2D eigenvalue weighted by Crippen LogP contribution is -2.30. The normalized spacial score (nSPS) is 15.2. The number of aromatic hydroxyl groups is 1. The molecule has 2 aromatic carbocycles. The summed E-state index contributed by atoms with van der Waals surface area (Å²) in [6, 6.07) is 14.3. The molecule has 0 aliphatic carbocycles. The van der Waals surface area contributed by atoms with Gasteiger partial charge in [-0.05, 0) is 37.1 Å². The molecule has 0 saturated heterocycles. The molecule has 2 heterocycles. The van der Waals surface area contributed by atoms with Gasteiger partial charge in [-0.25, -0.2) is 9.48 Å². The lowest BCUT2D eigenvalue weighted by Gasteiger charge is -2.28. The predicted octanol–water partition coefficient (Wildman–Crippen LogP) is 3.46. The van der Waals surface area contributed by atoms with Crippen LogP contribution in [0.15, 0.2) is 66.1 Å². The number of nitrogens with one attached hydrogen (secondary N) is 1. The van der Waals surface area contributed by atoms with Gasteiger partial charge < -0.3 is 19.9 Å². The van der Waals surface area contributed by atoms with Crippen molar-refractivity contribution in [3.63, 3.8) is 0 Å². The average Bonchev–Trinajstić information content (AvgIpc) is 3.23. The van der Waals surface area contributed by atoms with Crippen molar-refractivity contribution in [3.05, 3.63) is 77.3 Å². The van der Waals surface area contributed by atoms with E-state index in [9.17, 15) is 9.90 Å². The Balaban J connectivity index is 1.63. The SMILES string of the molecule is CCOc1cc([C@H]2C(C(=O)OCCc3ccccc3)=C(C)Nc3ncnn32)ccc1O. The van der Waals surface area contributed by atoms with Crippen LogP contribution in [0.4, 0.5) is 5.95 Å². The molecule has 1 atom stereocenters. The Kier molecular flexibility index (Phi) is 5.88. The number of benzene rings is 2. The molecule has 0 amide bonds. The Morgan fingerprint density at radius 2 is 2.03 bits per heavy atom. The van der Waals surface area contributed by atoms with Crippen LogP contribution in [-0.4, -0.2) is 39.1 Å². The fraction of sp³-hybridized carbons (Fsp3) is 0.261. The zero-order chi connectivity index (χ0) is 21.8. The van der Waals surface area contributed by atoms with E-state index in [-0.39, 0.29) is 12.4 Å². The van der Waals surface area contributed by atoms with E-state index in [2.05, 4.69) is 15.4 Å². The van der Waals surface area contributed by atoms with E-state index in [0.717, 1.165) is 11.1 Å². The van der Waals surface area contributed by atoms with E-state index in [4.69, 9.17) is 9.47 Å². The van der Waals surface area contributed by atoms with Crippen LogP contribution >= 0.6 is 0 Å². The van der Waals surface area contributed by atoms with Crippen molar-refractivity contribution in [1.82, 2.24) is 14.8 Å². The highest BCUT2D eigenvalue weighted by Crippen LogP contribution is 2.38. The molecule has 160 valence electrons. The second-order valence-corrected chi connectivity index (χ2v) is 7.13. The molecule has 31 heavy (non-hydrogen) atoms. The number of rotatable bonds is 7. The number of nitrogens with zero attached hydrogens (tertiary/aromatic N) is 3. The van der Waals surface area contributed by atoms with Gasteiger partial charge in [0, 0.05) is 12.1 Å². The van der Waals surface area contributed by atoms with Gasteiger partial charge in [0.05, 0.1) is 18.8 Å². The van der Waals surface area contributed by atoms with Crippen molar-refractivity contribution in [1.29, 1.82) is 0 Å². The van der Waals surface area contributed by atoms with Gasteiger partial charge in [-0.15, -0.1) is 0 Å². The third kappa shape index (κ3) is 4.23. The van der Waals surface area contributed by atoms with E-state index in [0.29, 0.717) is 36.0 Å². The fourth-order valence-corrected chi connectivity index (χ4v) is 3.62. The van der Waals surface area contributed by atoms with Gasteiger partial charge in [-0.3, -0.25) is 0 Å². The van der Waals surface area contributed by atoms with Gasteiger partial charge in [-0.1, -0.05) is 36.4 Å². The molecule has 0 fully saturated rings. The Labute approximate surface area is 180 Å². The molecule has 1 aliphatic heterocycles. The van der Waals surface area contributed by atoms with Crippen molar-refractivity contribution < 1.29 is 19.4 Å². The summed E-state index contributed by atoms with van der Waals surface area (Å²) in [7, 11) is 0. The molecule has 0 bridgehead atoms. The molecule has 8 nitrogen and oxygen atoms in total. The molecular formula is C23H24N4O4. The van der Waals surface area contributed by atoms with Crippen molar-refractivity contribution in [2.24, 2.45) is 0 Å². The van der Waals surface area contributed by atoms with Crippen molar-refractivity contribution in [2.75, 3.05) is 18.5 Å². The zero-order valence-corrected chi connectivity index (χ0v) is 17.4. The Bertz CT molecular complexity index is 1110. The summed E-state index contributed by atoms with van der Waals surface area (Å²) >= 11 is 0. The number of fused-ring (bicyclic) bond motifs is 1. The number of esters is 1. The third-order valence-corrected chi connectivity index (χ3v) is 5.08. The summed E-state index contributed by atoms with van der Waals surface area (Å²) in [5.41, 5.74) is 2.89. The second kappa shape index (κ2) is 8.91. The number of ether oxygens (including phenoxy) is 2. The van der Waals surface area contributed by atoms with E-state index in [1.54, 1.807) is 22.9 Å². The molecular weight excluding hydrogens is 396 g/mol. The number of allylic oxidation sites excluding steroid dienone is 1. The van der Waals surface area contributed by atoms with Crippen LogP contribution in [0.3, 0.4) is 0 Å². The molecule has 4 rings (SSSR count). The zero-order valence-electron chi connectivity index (χ0n) is 17.4. The highest BCUT2D eigenvalue weighted by atomic mass is 16.5. The number of hydrogen-bond acceptors (Lipinski definition) is 7. The molecule has 0 unspecified atom stereocenters. The number of phenols is 1. The minimum absolute atomic E-state index is 0.0334. The Morgan fingerprint density at radius 3 is 2.81 bits per heavy atom. The van der Waals surface area contributed by atoms with Gasteiger partial charge in [0.2, 0.25) is 5.95 Å². The molecule has 0 saturated carbocycles.